The Kier molecular flexibility index (Phi) is 13.3. The highest BCUT2D eigenvalue weighted by Crippen LogP contribution is 2.59. The van der Waals surface area contributed by atoms with Crippen molar-refractivity contribution >= 4 is 29.8 Å². The number of hydrogen-bond donors (Lipinski definition) is 2. The predicted octanol–water partition coefficient (Wildman–Crippen LogP) is 6.73. The Hall–Kier alpha value is -4.36. The van der Waals surface area contributed by atoms with Crippen molar-refractivity contribution in [2.24, 2.45) is 17.3 Å². The van der Waals surface area contributed by atoms with Crippen molar-refractivity contribution < 1.29 is 48.0 Å². The summed E-state index contributed by atoms with van der Waals surface area (Å²) in [5.74, 6) is -0.764. The van der Waals surface area contributed by atoms with Gasteiger partial charge in [-0.1, -0.05) is 68.0 Å². The minimum atomic E-state index is -0.979. The molecule has 2 aromatic rings. The molecular weight excluding hydrogens is 777 g/mol. The second kappa shape index (κ2) is 18.2. The standard InChI is InChI=1S/C49H64N2O10/c1-47(2,3)61-42(53)19-17-35(28-52)50-44(54)38(24-30-12-9-8-10-13-30)51(7)45(55)34-25-39-43(58-29-57-39)40(26-34)59-46(56)33-15-11-14-31(23-33)22-32-16-18-41-49(6,60-41)21-20-37-36(32)27-48(37,4)5/h8-15,22-23,25,35-41,43,52H,16-21,24,26-29H2,1-7H3,(H,50,54). The van der Waals surface area contributed by atoms with E-state index in [1.165, 1.54) is 10.5 Å². The maximum atomic E-state index is 14.4. The molecule has 0 radical (unpaired) electrons. The lowest BCUT2D eigenvalue weighted by molar-refractivity contribution is -0.155. The Morgan fingerprint density at radius 2 is 1.80 bits per heavy atom. The highest BCUT2D eigenvalue weighted by molar-refractivity contribution is 5.97. The Balaban J connectivity index is 1.04. The third-order valence-electron chi connectivity index (χ3n) is 13.4. The van der Waals surface area contributed by atoms with E-state index in [1.807, 2.05) is 48.5 Å². The van der Waals surface area contributed by atoms with Crippen LogP contribution in [-0.2, 0) is 44.5 Å². The van der Waals surface area contributed by atoms with Crippen molar-refractivity contribution in [3.63, 3.8) is 0 Å². The topological polar surface area (TPSA) is 153 Å². The first-order valence-electron chi connectivity index (χ1n) is 22.0. The van der Waals surface area contributed by atoms with E-state index < -0.39 is 66.4 Å². The van der Waals surface area contributed by atoms with Crippen LogP contribution in [0.1, 0.15) is 114 Å². The number of carbonyl (C=O) groups excluding carboxylic acids is 4. The van der Waals surface area contributed by atoms with Crippen LogP contribution in [0.4, 0.5) is 0 Å². The number of carbonyl (C=O) groups is 4. The molecule has 2 heterocycles. The van der Waals surface area contributed by atoms with Gasteiger partial charge < -0.3 is 39.0 Å². The Bertz CT molecular complexity index is 2000. The molecule has 61 heavy (non-hydrogen) atoms. The van der Waals surface area contributed by atoms with Crippen LogP contribution in [0, 0.1) is 17.3 Å². The average Bonchev–Trinajstić information content (AvgIpc) is 3.59. The lowest BCUT2D eigenvalue weighted by Gasteiger charge is -2.53. The Morgan fingerprint density at radius 3 is 2.52 bits per heavy atom. The van der Waals surface area contributed by atoms with Gasteiger partial charge in [-0.3, -0.25) is 14.4 Å². The van der Waals surface area contributed by atoms with Crippen LogP contribution in [0.3, 0.4) is 0 Å². The molecule has 12 nitrogen and oxygen atoms in total. The number of ether oxygens (including phenoxy) is 5. The molecule has 3 aliphatic carbocycles. The summed E-state index contributed by atoms with van der Waals surface area (Å²) in [6, 6.07) is 15.1. The molecule has 2 saturated carbocycles. The van der Waals surface area contributed by atoms with Crippen molar-refractivity contribution in [1.82, 2.24) is 10.2 Å². The van der Waals surface area contributed by atoms with Gasteiger partial charge in [0.1, 0.15) is 36.7 Å². The van der Waals surface area contributed by atoms with E-state index >= 15 is 0 Å². The molecule has 2 aromatic carbocycles. The minimum absolute atomic E-state index is 0.00426. The Labute approximate surface area is 360 Å². The number of nitrogens with zero attached hydrogens (tertiary/aromatic N) is 1. The summed E-state index contributed by atoms with van der Waals surface area (Å²) in [7, 11) is 1.56. The van der Waals surface area contributed by atoms with Gasteiger partial charge in [-0.2, -0.15) is 0 Å². The maximum absolute atomic E-state index is 14.4. The first-order valence-corrected chi connectivity index (χ1v) is 22.0. The third-order valence-corrected chi connectivity index (χ3v) is 13.4. The summed E-state index contributed by atoms with van der Waals surface area (Å²) in [4.78, 5) is 56.1. The maximum Gasteiger partial charge on any atom is 0.338 e. The number of epoxide rings is 1. The molecule has 9 unspecified atom stereocenters. The Morgan fingerprint density at radius 1 is 1.03 bits per heavy atom. The molecule has 5 aliphatic rings. The van der Waals surface area contributed by atoms with E-state index in [0.29, 0.717) is 29.1 Å². The van der Waals surface area contributed by atoms with E-state index in [-0.39, 0.29) is 43.5 Å². The van der Waals surface area contributed by atoms with Gasteiger partial charge >= 0.3 is 11.9 Å². The zero-order chi connectivity index (χ0) is 43.7. The second-order valence-corrected chi connectivity index (χ2v) is 19.6. The van der Waals surface area contributed by atoms with Gasteiger partial charge in [0, 0.05) is 31.9 Å². The smallest absolute Gasteiger partial charge is 0.338 e. The number of likely N-dealkylation sites (N-methyl/N-ethyl adjacent to an activating group) is 1. The number of esters is 2. The quantitative estimate of drug-likeness (QED) is 0.164. The van der Waals surface area contributed by atoms with Crippen LogP contribution in [-0.4, -0.2) is 102 Å². The van der Waals surface area contributed by atoms with Crippen LogP contribution in [0.15, 0.2) is 71.8 Å². The van der Waals surface area contributed by atoms with Crippen LogP contribution in [0.25, 0.3) is 6.08 Å². The highest BCUT2D eigenvalue weighted by atomic mass is 16.7. The molecular formula is C49H64N2O10. The van der Waals surface area contributed by atoms with E-state index in [4.69, 9.17) is 23.7 Å². The lowest BCUT2D eigenvalue weighted by atomic mass is 9.52. The highest BCUT2D eigenvalue weighted by Gasteiger charge is 2.56. The predicted molar refractivity (Wildman–Crippen MR) is 229 cm³/mol. The number of amides is 2. The number of allylic oxidation sites excluding steroid dienone is 1. The molecule has 0 aromatic heterocycles. The number of hydrogen-bond acceptors (Lipinski definition) is 10. The van der Waals surface area contributed by atoms with Gasteiger partial charge in [0.05, 0.1) is 29.9 Å². The van der Waals surface area contributed by atoms with E-state index in [9.17, 15) is 24.3 Å². The SMILES string of the molecule is CN(C(=O)C1=CC2OCOC2C(OC(=O)c2cccc(C=C3CCC4OC4(C)CCC4C3CC4(C)C)c2)C1)C(Cc1ccccc1)C(=O)NC(CO)CCC(=O)OC(C)(C)C. The average molecular weight is 841 g/mol. The normalized spacial score (nSPS) is 29.4. The zero-order valence-corrected chi connectivity index (χ0v) is 36.8. The number of fused-ring (bicyclic) bond motifs is 3. The zero-order valence-electron chi connectivity index (χ0n) is 36.8. The third kappa shape index (κ3) is 10.6. The summed E-state index contributed by atoms with van der Waals surface area (Å²) in [5.41, 5.74) is 3.56. The van der Waals surface area contributed by atoms with Gasteiger partial charge in [-0.15, -0.1) is 0 Å². The summed E-state index contributed by atoms with van der Waals surface area (Å²) in [6.45, 7) is 11.9. The molecule has 7 rings (SSSR count). The second-order valence-electron chi connectivity index (χ2n) is 19.6. The van der Waals surface area contributed by atoms with Crippen LogP contribution in [0.2, 0.25) is 0 Å². The van der Waals surface area contributed by atoms with Gasteiger partial charge in [0.15, 0.2) is 0 Å². The molecule has 12 heteroatoms. The van der Waals surface area contributed by atoms with Gasteiger partial charge in [0.2, 0.25) is 11.8 Å². The van der Waals surface area contributed by atoms with Crippen molar-refractivity contribution in [1.29, 1.82) is 0 Å². The monoisotopic (exact) mass is 840 g/mol. The first kappa shape index (κ1) is 44.7. The first-order chi connectivity index (χ1) is 28.9. The van der Waals surface area contributed by atoms with E-state index in [0.717, 1.165) is 43.2 Å². The molecule has 0 bridgehead atoms. The largest absolute Gasteiger partial charge is 0.460 e. The van der Waals surface area contributed by atoms with Crippen molar-refractivity contribution in [2.75, 3.05) is 20.4 Å². The summed E-state index contributed by atoms with van der Waals surface area (Å²) in [5, 5.41) is 13.0. The van der Waals surface area contributed by atoms with Gasteiger partial charge in [-0.05, 0) is 113 Å². The summed E-state index contributed by atoms with van der Waals surface area (Å²) in [6.07, 6.45) is 7.96. The van der Waals surface area contributed by atoms with E-state index in [2.05, 4.69) is 32.2 Å². The number of nitrogens with one attached hydrogen (secondary N) is 1. The molecule has 2 amide bonds. The fourth-order valence-electron chi connectivity index (χ4n) is 9.90. The number of aliphatic hydroxyl groups excluding tert-OH is 1. The van der Waals surface area contributed by atoms with E-state index in [1.54, 1.807) is 40.0 Å². The molecule has 0 spiro atoms. The van der Waals surface area contributed by atoms with Crippen LogP contribution >= 0.6 is 0 Å². The van der Waals surface area contributed by atoms with Gasteiger partial charge in [0.25, 0.3) is 0 Å². The van der Waals surface area contributed by atoms with Gasteiger partial charge in [-0.25, -0.2) is 4.79 Å². The fraction of sp³-hybridized carbons (Fsp3) is 0.592. The minimum Gasteiger partial charge on any atom is -0.460 e. The molecule has 2 aliphatic heterocycles. The molecule has 9 atom stereocenters. The molecule has 2 saturated heterocycles. The van der Waals surface area contributed by atoms with Crippen molar-refractivity contribution in [3.8, 4) is 0 Å². The number of benzene rings is 2. The summed E-state index contributed by atoms with van der Waals surface area (Å²) < 4.78 is 29.5. The van der Waals surface area contributed by atoms with Crippen LogP contribution in [0.5, 0.6) is 0 Å². The molecule has 330 valence electrons. The summed E-state index contributed by atoms with van der Waals surface area (Å²) >= 11 is 0. The van der Waals surface area contributed by atoms with Crippen molar-refractivity contribution in [3.05, 3.63) is 88.5 Å². The van der Waals surface area contributed by atoms with Crippen LogP contribution < -0.4 is 5.32 Å². The fourth-order valence-corrected chi connectivity index (χ4v) is 9.90. The number of aliphatic hydroxyl groups is 1. The molecule has 4 fully saturated rings. The molecule has 2 N–H and O–H groups in total. The van der Waals surface area contributed by atoms with Crippen molar-refractivity contribution in [2.45, 2.75) is 147 Å². The number of rotatable bonds is 13. The lowest BCUT2D eigenvalue weighted by Crippen LogP contribution is -2.53.